The van der Waals surface area contributed by atoms with Crippen LogP contribution < -0.4 is 4.74 Å². The van der Waals surface area contributed by atoms with E-state index in [9.17, 15) is 9.59 Å². The van der Waals surface area contributed by atoms with E-state index in [-0.39, 0.29) is 18.0 Å². The molecule has 0 bridgehead atoms. The molecule has 0 spiro atoms. The molecule has 4 aromatic rings. The lowest BCUT2D eigenvalue weighted by Crippen LogP contribution is -2.29. The third kappa shape index (κ3) is 14.3. The van der Waals surface area contributed by atoms with Gasteiger partial charge in [-0.25, -0.2) is 9.59 Å². The van der Waals surface area contributed by atoms with Crippen molar-refractivity contribution >= 4 is 11.9 Å². The van der Waals surface area contributed by atoms with Gasteiger partial charge in [-0.15, -0.1) is 0 Å². The van der Waals surface area contributed by atoms with Crippen LogP contribution in [0.25, 0.3) is 11.1 Å². The summed E-state index contributed by atoms with van der Waals surface area (Å²) in [6, 6.07) is 31.9. The van der Waals surface area contributed by atoms with E-state index in [0.29, 0.717) is 16.9 Å². The van der Waals surface area contributed by atoms with E-state index < -0.39 is 0 Å². The van der Waals surface area contributed by atoms with Gasteiger partial charge >= 0.3 is 11.9 Å². The molecule has 0 aromatic heterocycles. The topological polar surface area (TPSA) is 52.6 Å². The first kappa shape index (κ1) is 43.9. The molecule has 0 aliphatic heterocycles. The maximum Gasteiger partial charge on any atom is 0.343 e. The summed E-state index contributed by atoms with van der Waals surface area (Å²) in [5, 5.41) is 0. The molecule has 0 amide bonds. The lowest BCUT2D eigenvalue weighted by atomic mass is 9.70. The van der Waals surface area contributed by atoms with Crippen molar-refractivity contribution in [2.75, 3.05) is 0 Å². The Kier molecular flexibility index (Phi) is 18.4. The molecule has 0 N–H and O–H groups in total. The molecule has 0 atom stereocenters. The van der Waals surface area contributed by atoms with Gasteiger partial charge in [0.1, 0.15) is 11.9 Å². The molecule has 4 aromatic carbocycles. The van der Waals surface area contributed by atoms with Crippen LogP contribution in [0.5, 0.6) is 5.75 Å². The summed E-state index contributed by atoms with van der Waals surface area (Å²) >= 11 is 0. The Balaban J connectivity index is 0.000000218. The van der Waals surface area contributed by atoms with Crippen molar-refractivity contribution in [3.05, 3.63) is 125 Å². The minimum Gasteiger partial charge on any atom is -0.459 e. The highest BCUT2D eigenvalue weighted by atomic mass is 16.5. The SMILES string of the molecule is CCCCCC1CCC(C2CCC(OC(=O)c3ccc(CC)cc3)CC2)CC1.CCCCCCc1ccc(-c2ccc(OC(=O)c3ccc(CC)cc3)cc2)cc1. The van der Waals surface area contributed by atoms with E-state index in [2.05, 4.69) is 52.0 Å². The second-order valence-electron chi connectivity index (χ2n) is 16.7. The van der Waals surface area contributed by atoms with Crippen molar-refractivity contribution in [2.45, 2.75) is 156 Å². The first-order valence-corrected chi connectivity index (χ1v) is 22.7. The number of benzene rings is 4. The summed E-state index contributed by atoms with van der Waals surface area (Å²) in [6.07, 6.45) is 24.4. The van der Waals surface area contributed by atoms with Gasteiger partial charge in [0.25, 0.3) is 0 Å². The molecular weight excluding hydrogens is 701 g/mol. The summed E-state index contributed by atoms with van der Waals surface area (Å²) < 4.78 is 11.3. The van der Waals surface area contributed by atoms with E-state index >= 15 is 0 Å². The van der Waals surface area contributed by atoms with Gasteiger partial charge in [-0.3, -0.25) is 0 Å². The number of carbonyl (C=O) groups excluding carboxylic acids is 2. The van der Waals surface area contributed by atoms with Crippen molar-refractivity contribution in [1.82, 2.24) is 0 Å². The fourth-order valence-corrected chi connectivity index (χ4v) is 8.78. The molecule has 2 saturated carbocycles. The lowest BCUT2D eigenvalue weighted by Gasteiger charge is -2.37. The molecule has 0 radical (unpaired) electrons. The van der Waals surface area contributed by atoms with Gasteiger partial charge in [-0.1, -0.05) is 146 Å². The summed E-state index contributed by atoms with van der Waals surface area (Å²) in [7, 11) is 0. The highest BCUT2D eigenvalue weighted by molar-refractivity contribution is 5.91. The zero-order valence-corrected chi connectivity index (χ0v) is 35.6. The van der Waals surface area contributed by atoms with Gasteiger partial charge in [0.05, 0.1) is 11.1 Å². The number of ether oxygens (including phenoxy) is 2. The first-order chi connectivity index (χ1) is 27.9. The fourth-order valence-electron chi connectivity index (χ4n) is 8.78. The van der Waals surface area contributed by atoms with Gasteiger partial charge < -0.3 is 9.47 Å². The summed E-state index contributed by atoms with van der Waals surface area (Å²) in [6.45, 7) is 8.76. The average molecular weight is 771 g/mol. The minimum absolute atomic E-state index is 0.125. The number of hydrogen-bond donors (Lipinski definition) is 0. The zero-order chi connectivity index (χ0) is 40.2. The van der Waals surface area contributed by atoms with Gasteiger partial charge in [-0.05, 0) is 146 Å². The van der Waals surface area contributed by atoms with E-state index in [1.165, 1.54) is 112 Å². The highest BCUT2D eigenvalue weighted by Gasteiger charge is 2.32. The van der Waals surface area contributed by atoms with E-state index in [0.717, 1.165) is 55.4 Å². The van der Waals surface area contributed by atoms with Gasteiger partial charge in [0.2, 0.25) is 0 Å². The second-order valence-corrected chi connectivity index (χ2v) is 16.7. The number of aryl methyl sites for hydroxylation is 3. The van der Waals surface area contributed by atoms with Gasteiger partial charge in [0.15, 0.2) is 0 Å². The maximum absolute atomic E-state index is 12.4. The molecule has 0 heterocycles. The first-order valence-electron chi connectivity index (χ1n) is 22.7. The van der Waals surface area contributed by atoms with Crippen molar-refractivity contribution in [3.63, 3.8) is 0 Å². The zero-order valence-electron chi connectivity index (χ0n) is 35.6. The number of rotatable bonds is 17. The summed E-state index contributed by atoms with van der Waals surface area (Å²) in [5.41, 5.74) is 7.42. The van der Waals surface area contributed by atoms with Crippen LogP contribution in [0, 0.1) is 17.8 Å². The quantitative estimate of drug-likeness (QED) is 0.0609. The van der Waals surface area contributed by atoms with E-state index in [1.807, 2.05) is 72.8 Å². The summed E-state index contributed by atoms with van der Waals surface area (Å²) in [4.78, 5) is 24.7. The van der Waals surface area contributed by atoms with Crippen molar-refractivity contribution in [3.8, 4) is 16.9 Å². The Bertz CT molecular complexity index is 1720. The van der Waals surface area contributed by atoms with Crippen LogP contribution in [0.3, 0.4) is 0 Å². The molecule has 4 nitrogen and oxygen atoms in total. The fraction of sp³-hybridized carbons (Fsp3) is 0.509. The van der Waals surface area contributed by atoms with Crippen molar-refractivity contribution < 1.29 is 19.1 Å². The van der Waals surface area contributed by atoms with Crippen molar-refractivity contribution in [2.24, 2.45) is 17.8 Å². The van der Waals surface area contributed by atoms with Crippen LogP contribution >= 0.6 is 0 Å². The van der Waals surface area contributed by atoms with E-state index in [4.69, 9.17) is 9.47 Å². The van der Waals surface area contributed by atoms with E-state index in [1.54, 1.807) is 0 Å². The monoisotopic (exact) mass is 771 g/mol. The Morgan fingerprint density at radius 3 is 1.49 bits per heavy atom. The Morgan fingerprint density at radius 1 is 0.491 bits per heavy atom. The minimum atomic E-state index is -0.326. The number of unbranched alkanes of at least 4 members (excludes halogenated alkanes) is 5. The number of carbonyl (C=O) groups is 2. The molecule has 2 aliphatic rings. The van der Waals surface area contributed by atoms with Crippen LogP contribution in [0.2, 0.25) is 0 Å². The molecule has 306 valence electrons. The molecule has 57 heavy (non-hydrogen) atoms. The lowest BCUT2D eigenvalue weighted by molar-refractivity contribution is 0.0109. The smallest absolute Gasteiger partial charge is 0.343 e. The highest BCUT2D eigenvalue weighted by Crippen LogP contribution is 2.41. The second kappa shape index (κ2) is 23.9. The number of esters is 2. The van der Waals surface area contributed by atoms with Crippen LogP contribution in [-0.2, 0) is 24.0 Å². The molecule has 4 heteroatoms. The van der Waals surface area contributed by atoms with Crippen LogP contribution in [0.4, 0.5) is 0 Å². The Hall–Kier alpha value is -4.18. The average Bonchev–Trinajstić information content (AvgIpc) is 3.26. The summed E-state index contributed by atoms with van der Waals surface area (Å²) in [5.74, 6) is 2.90. The van der Waals surface area contributed by atoms with Crippen molar-refractivity contribution in [1.29, 1.82) is 0 Å². The van der Waals surface area contributed by atoms with Crippen LogP contribution in [-0.4, -0.2) is 18.0 Å². The van der Waals surface area contributed by atoms with Crippen LogP contribution in [0.1, 0.15) is 168 Å². The predicted octanol–water partition coefficient (Wildman–Crippen LogP) is 14.6. The van der Waals surface area contributed by atoms with Crippen LogP contribution in [0.15, 0.2) is 97.1 Å². The van der Waals surface area contributed by atoms with Gasteiger partial charge in [-0.2, -0.15) is 0 Å². The standard InChI is InChI=1S/C27H30O2.C26H40O2/c1-3-5-6-7-8-22-11-13-23(14-12-22)24-17-19-26(20-18-24)29-27(28)25-15-9-21(4-2)10-16-25;1-3-5-6-7-21-10-12-22(13-11-21)23-16-18-25(19-17-23)28-26(27)24-14-8-20(4-2)9-15-24/h9-20H,3-8H2,1-2H3;8-9,14-15,21-23,25H,3-7,10-13,16-19H2,1-2H3. The third-order valence-corrected chi connectivity index (χ3v) is 12.6. The third-order valence-electron chi connectivity index (χ3n) is 12.6. The predicted molar refractivity (Wildman–Crippen MR) is 237 cm³/mol. The molecule has 0 unspecified atom stereocenters. The number of hydrogen-bond acceptors (Lipinski definition) is 4. The molecular formula is C53H70O4. The molecule has 2 aliphatic carbocycles. The molecule has 6 rings (SSSR count). The maximum atomic E-state index is 12.4. The normalized spacial score (nSPS) is 19.2. The molecule has 2 fully saturated rings. The largest absolute Gasteiger partial charge is 0.459 e. The Labute approximate surface area is 345 Å². The molecule has 0 saturated heterocycles. The Morgan fingerprint density at radius 2 is 0.965 bits per heavy atom. The van der Waals surface area contributed by atoms with Gasteiger partial charge in [0, 0.05) is 0 Å².